The van der Waals surface area contributed by atoms with Gasteiger partial charge in [-0.3, -0.25) is 0 Å². The van der Waals surface area contributed by atoms with Crippen molar-refractivity contribution in [2.75, 3.05) is 13.2 Å². The number of unbranched alkanes of at least 4 members (excludes halogenated alkanes) is 2. The standard InChI is InChI=1S/C8H19O3PS.Er/c1-3-5-7-10-12(9,13)11-8-6-4-2;/h3-8H2,1-2H3,(H,9,13);. The van der Waals surface area contributed by atoms with Crippen LogP contribution >= 0.6 is 6.72 Å². The summed E-state index contributed by atoms with van der Waals surface area (Å²) in [6.07, 6.45) is 3.89. The molecular formula is C8H19ErO3PS. The molecule has 0 aromatic rings. The van der Waals surface area contributed by atoms with E-state index in [4.69, 9.17) is 20.9 Å². The maximum atomic E-state index is 9.45. The van der Waals surface area contributed by atoms with Crippen molar-refractivity contribution in [2.45, 2.75) is 39.5 Å². The largest absolute Gasteiger partial charge is 0.324 e. The van der Waals surface area contributed by atoms with Crippen LogP contribution in [0.1, 0.15) is 39.5 Å². The topological polar surface area (TPSA) is 38.7 Å². The first-order valence-electron chi connectivity index (χ1n) is 4.74. The van der Waals surface area contributed by atoms with Gasteiger partial charge in [0.15, 0.2) is 0 Å². The third-order valence-electron chi connectivity index (χ3n) is 1.50. The minimum Gasteiger partial charge on any atom is -0.324 e. The molecule has 0 radical (unpaired) electrons. The summed E-state index contributed by atoms with van der Waals surface area (Å²) in [5.41, 5.74) is 0. The van der Waals surface area contributed by atoms with E-state index in [1.54, 1.807) is 0 Å². The second-order valence-electron chi connectivity index (χ2n) is 2.84. The fourth-order valence-corrected chi connectivity index (χ4v) is 1.93. The summed E-state index contributed by atoms with van der Waals surface area (Å²) in [5, 5.41) is 0. The fraction of sp³-hybridized carbons (Fsp3) is 1.00. The van der Waals surface area contributed by atoms with Crippen LogP contribution in [-0.4, -0.2) is 18.1 Å². The Morgan fingerprint density at radius 2 is 1.43 bits per heavy atom. The Morgan fingerprint density at radius 1 is 1.07 bits per heavy atom. The van der Waals surface area contributed by atoms with Gasteiger partial charge in [0.1, 0.15) is 0 Å². The molecule has 0 unspecified atom stereocenters. The second-order valence-corrected chi connectivity index (χ2v) is 5.68. The van der Waals surface area contributed by atoms with Gasteiger partial charge in [0.05, 0.1) is 13.2 Å². The van der Waals surface area contributed by atoms with Gasteiger partial charge in [0.25, 0.3) is 0 Å². The Bertz CT molecular complexity index is 155. The zero-order chi connectivity index (χ0) is 10.2. The minimum atomic E-state index is -2.92. The monoisotopic (exact) mass is 392 g/mol. The van der Waals surface area contributed by atoms with Crippen LogP contribution in [-0.2, 0) is 20.9 Å². The molecule has 0 aliphatic rings. The molecule has 3 nitrogen and oxygen atoms in total. The van der Waals surface area contributed by atoms with Crippen molar-refractivity contribution < 1.29 is 51.2 Å². The summed E-state index contributed by atoms with van der Waals surface area (Å²) >= 11 is 4.79. The van der Waals surface area contributed by atoms with Gasteiger partial charge in [-0.25, -0.2) is 0 Å². The molecular weight excluding hydrogens is 374 g/mol. The van der Waals surface area contributed by atoms with Crippen LogP contribution in [0.25, 0.3) is 0 Å². The van der Waals surface area contributed by atoms with E-state index in [0.29, 0.717) is 13.2 Å². The van der Waals surface area contributed by atoms with Gasteiger partial charge in [-0.2, -0.15) is 0 Å². The molecule has 0 aromatic carbocycles. The molecule has 14 heavy (non-hydrogen) atoms. The SMILES string of the molecule is CCCCOP(O)(=S)OCCCC.[Er]. The van der Waals surface area contributed by atoms with Gasteiger partial charge in [-0.1, -0.05) is 26.7 Å². The molecule has 0 atom stereocenters. The van der Waals surface area contributed by atoms with E-state index in [9.17, 15) is 4.89 Å². The first-order chi connectivity index (χ1) is 6.12. The number of rotatable bonds is 8. The maximum absolute atomic E-state index is 9.45. The molecule has 0 saturated carbocycles. The second kappa shape index (κ2) is 11.3. The Balaban J connectivity index is 0. The number of hydrogen-bond acceptors (Lipinski definition) is 3. The third-order valence-corrected chi connectivity index (χ3v) is 3.15. The first-order valence-corrected chi connectivity index (χ1v) is 7.33. The predicted molar refractivity (Wildman–Crippen MR) is 58.2 cm³/mol. The maximum Gasteiger partial charge on any atom is 0.324 e. The molecule has 0 heterocycles. The van der Waals surface area contributed by atoms with Crippen molar-refractivity contribution in [3.63, 3.8) is 0 Å². The van der Waals surface area contributed by atoms with E-state index in [1.807, 2.05) is 0 Å². The van der Waals surface area contributed by atoms with Crippen LogP contribution < -0.4 is 0 Å². The molecule has 92 valence electrons. The molecule has 0 amide bonds. The summed E-state index contributed by atoms with van der Waals surface area (Å²) in [5.74, 6) is 0. The van der Waals surface area contributed by atoms with Crippen LogP contribution in [0.2, 0.25) is 0 Å². The fourth-order valence-electron chi connectivity index (χ4n) is 0.686. The molecule has 0 aliphatic carbocycles. The van der Waals surface area contributed by atoms with E-state index >= 15 is 0 Å². The summed E-state index contributed by atoms with van der Waals surface area (Å²) < 4.78 is 10.2. The van der Waals surface area contributed by atoms with Crippen molar-refractivity contribution in [2.24, 2.45) is 0 Å². The zero-order valence-electron chi connectivity index (χ0n) is 8.65. The Hall–Kier alpha value is 1.78. The van der Waals surface area contributed by atoms with Gasteiger partial charge in [-0.15, -0.1) is 0 Å². The van der Waals surface area contributed by atoms with Crippen LogP contribution in [0, 0.1) is 37.3 Å². The van der Waals surface area contributed by atoms with Crippen molar-refractivity contribution in [1.82, 2.24) is 0 Å². The normalized spacial score (nSPS) is 11.1. The molecule has 0 aromatic heterocycles. The average molecular weight is 394 g/mol. The Labute approximate surface area is 121 Å². The summed E-state index contributed by atoms with van der Waals surface area (Å²) in [6.45, 7) is 2.19. The van der Waals surface area contributed by atoms with E-state index in [2.05, 4.69) is 13.8 Å². The van der Waals surface area contributed by atoms with Crippen molar-refractivity contribution >= 4 is 18.5 Å². The Kier molecular flexibility index (Phi) is 14.6. The summed E-state index contributed by atoms with van der Waals surface area (Å²) in [4.78, 5) is 9.45. The van der Waals surface area contributed by atoms with Crippen LogP contribution in [0.5, 0.6) is 0 Å². The van der Waals surface area contributed by atoms with Crippen molar-refractivity contribution in [3.8, 4) is 0 Å². The minimum absolute atomic E-state index is 0. The molecule has 0 aliphatic heterocycles. The molecule has 0 saturated heterocycles. The predicted octanol–water partition coefficient (Wildman–Crippen LogP) is 2.84. The average Bonchev–Trinajstić information content (AvgIpc) is 2.05. The van der Waals surface area contributed by atoms with Gasteiger partial charge < -0.3 is 13.9 Å². The van der Waals surface area contributed by atoms with Gasteiger partial charge in [0.2, 0.25) is 0 Å². The quantitative estimate of drug-likeness (QED) is 0.508. The van der Waals surface area contributed by atoms with E-state index in [1.165, 1.54) is 0 Å². The van der Waals surface area contributed by atoms with Gasteiger partial charge >= 0.3 is 6.72 Å². The van der Waals surface area contributed by atoms with E-state index in [0.717, 1.165) is 25.7 Å². The molecule has 1 N–H and O–H groups in total. The number of hydrogen-bond donors (Lipinski definition) is 1. The van der Waals surface area contributed by atoms with Gasteiger partial charge in [0, 0.05) is 37.3 Å². The van der Waals surface area contributed by atoms with Crippen LogP contribution in [0.3, 0.4) is 0 Å². The molecule has 0 bridgehead atoms. The molecule has 6 heteroatoms. The first kappa shape index (κ1) is 18.2. The van der Waals surface area contributed by atoms with Crippen molar-refractivity contribution in [3.05, 3.63) is 0 Å². The van der Waals surface area contributed by atoms with Crippen LogP contribution in [0.15, 0.2) is 0 Å². The van der Waals surface area contributed by atoms with E-state index in [-0.39, 0.29) is 37.3 Å². The molecule has 0 fully saturated rings. The summed E-state index contributed by atoms with van der Waals surface area (Å²) in [7, 11) is 0. The molecule has 0 rings (SSSR count). The van der Waals surface area contributed by atoms with Gasteiger partial charge in [-0.05, 0) is 24.6 Å². The zero-order valence-corrected chi connectivity index (χ0v) is 12.2. The summed E-state index contributed by atoms with van der Waals surface area (Å²) in [6, 6.07) is 0. The molecule has 0 spiro atoms. The van der Waals surface area contributed by atoms with Crippen molar-refractivity contribution in [1.29, 1.82) is 0 Å². The Morgan fingerprint density at radius 3 is 1.71 bits per heavy atom. The smallest absolute Gasteiger partial charge is 0.324 e. The van der Waals surface area contributed by atoms with Crippen LogP contribution in [0.4, 0.5) is 0 Å². The third kappa shape index (κ3) is 11.8. The van der Waals surface area contributed by atoms with E-state index < -0.39 is 6.72 Å².